The van der Waals surface area contributed by atoms with Crippen LogP contribution in [0.5, 0.6) is 5.75 Å². The number of aliphatic hydroxyl groups is 1. The van der Waals surface area contributed by atoms with Gasteiger partial charge in [-0.3, -0.25) is 4.79 Å². The number of rotatable bonds is 7. The van der Waals surface area contributed by atoms with Crippen molar-refractivity contribution in [2.45, 2.75) is 5.60 Å². The molecule has 0 heterocycles. The van der Waals surface area contributed by atoms with E-state index in [0.29, 0.717) is 21.3 Å². The Morgan fingerprint density at radius 3 is 2.23 bits per heavy atom. The summed E-state index contributed by atoms with van der Waals surface area (Å²) in [5, 5.41) is 15.4. The van der Waals surface area contributed by atoms with Crippen LogP contribution in [0, 0.1) is 12.3 Å². The van der Waals surface area contributed by atoms with Crippen molar-refractivity contribution in [1.29, 1.82) is 0 Å². The smallest absolute Gasteiger partial charge is 0.281 e. The Balaban J connectivity index is 1.80. The van der Waals surface area contributed by atoms with Crippen molar-refractivity contribution in [3.8, 4) is 18.1 Å². The van der Waals surface area contributed by atoms with Crippen LogP contribution in [0.25, 0.3) is 0 Å². The summed E-state index contributed by atoms with van der Waals surface area (Å²) in [4.78, 5) is 13.0. The lowest BCUT2D eigenvalue weighted by molar-refractivity contribution is -0.136. The molecule has 0 saturated carbocycles. The molecular weight excluding hydrogens is 444 g/mol. The fraction of sp³-hybridized carbons (Fsp3) is 0.0833. The number of hydrogen-bond donors (Lipinski definition) is 2. The molecule has 0 radical (unpaired) electrons. The van der Waals surface area contributed by atoms with Gasteiger partial charge in [-0.2, -0.15) is 5.10 Å². The first-order chi connectivity index (χ1) is 14.6. The second-order valence-corrected chi connectivity index (χ2v) is 7.18. The Morgan fingerprint density at radius 2 is 1.70 bits per heavy atom. The molecule has 3 rings (SSSR count). The molecule has 0 aliphatic carbocycles. The van der Waals surface area contributed by atoms with Gasteiger partial charge in [0.1, 0.15) is 12.4 Å². The molecule has 0 atom stereocenters. The van der Waals surface area contributed by atoms with E-state index < -0.39 is 11.5 Å². The number of hydrogen-bond acceptors (Lipinski definition) is 4. The van der Waals surface area contributed by atoms with E-state index in [0.717, 1.165) is 5.56 Å². The van der Waals surface area contributed by atoms with Crippen LogP contribution in [0.1, 0.15) is 16.7 Å². The number of carbonyl (C=O) groups excluding carboxylic acids is 1. The molecule has 0 aromatic heterocycles. The molecule has 0 saturated heterocycles. The summed E-state index contributed by atoms with van der Waals surface area (Å²) in [5.74, 6) is 2.35. The van der Waals surface area contributed by atoms with E-state index in [1.165, 1.54) is 6.21 Å². The summed E-state index contributed by atoms with van der Waals surface area (Å²) >= 11 is 3.41. The van der Waals surface area contributed by atoms with Gasteiger partial charge in [0.25, 0.3) is 5.91 Å². The lowest BCUT2D eigenvalue weighted by atomic mass is 9.85. The summed E-state index contributed by atoms with van der Waals surface area (Å²) in [5.41, 5.74) is 2.18. The molecule has 3 aromatic rings. The van der Waals surface area contributed by atoms with Crippen molar-refractivity contribution in [3.63, 3.8) is 0 Å². The third-order valence-corrected chi connectivity index (χ3v) is 4.98. The van der Waals surface area contributed by atoms with Gasteiger partial charge in [-0.05, 0) is 50.8 Å². The predicted octanol–water partition coefficient (Wildman–Crippen LogP) is 3.85. The average Bonchev–Trinajstić information content (AvgIpc) is 2.79. The first-order valence-electron chi connectivity index (χ1n) is 9.08. The van der Waals surface area contributed by atoms with Crippen LogP contribution in [-0.2, 0) is 10.4 Å². The van der Waals surface area contributed by atoms with Crippen molar-refractivity contribution < 1.29 is 14.6 Å². The summed E-state index contributed by atoms with van der Waals surface area (Å²) in [6.45, 7) is 0.166. The van der Waals surface area contributed by atoms with Crippen molar-refractivity contribution in [2.75, 3.05) is 6.61 Å². The zero-order valence-corrected chi connectivity index (χ0v) is 17.5. The van der Waals surface area contributed by atoms with E-state index in [-0.39, 0.29) is 6.61 Å². The fourth-order valence-corrected chi connectivity index (χ4v) is 3.38. The Hall–Kier alpha value is -3.40. The molecule has 6 heteroatoms. The number of carbonyl (C=O) groups is 1. The van der Waals surface area contributed by atoms with Crippen molar-refractivity contribution >= 4 is 28.1 Å². The topological polar surface area (TPSA) is 70.9 Å². The summed E-state index contributed by atoms with van der Waals surface area (Å²) in [6.07, 6.45) is 6.67. The highest BCUT2D eigenvalue weighted by atomic mass is 79.9. The number of terminal acetylenes is 1. The minimum absolute atomic E-state index is 0.166. The third kappa shape index (κ3) is 4.77. The largest absolute Gasteiger partial charge is 0.480 e. The molecule has 1 amide bonds. The molecule has 0 fully saturated rings. The number of hydrazone groups is 1. The summed E-state index contributed by atoms with van der Waals surface area (Å²) in [7, 11) is 0. The van der Waals surface area contributed by atoms with Gasteiger partial charge in [-0.15, -0.1) is 6.42 Å². The maximum atomic E-state index is 13.0. The number of ether oxygens (including phenoxy) is 1. The number of nitrogens with zero attached hydrogens (tertiary/aromatic N) is 1. The molecule has 2 N–H and O–H groups in total. The Morgan fingerprint density at radius 1 is 1.10 bits per heavy atom. The predicted molar refractivity (Wildman–Crippen MR) is 120 cm³/mol. The van der Waals surface area contributed by atoms with Crippen LogP contribution in [-0.4, -0.2) is 23.8 Å². The SMILES string of the molecule is C#CCOc1ccc(C=NNC(=O)C(O)(c2ccccc2)c2ccccc2)cc1Br. The number of benzene rings is 3. The van der Waals surface area contributed by atoms with E-state index in [1.54, 1.807) is 66.7 Å². The van der Waals surface area contributed by atoms with Crippen molar-refractivity contribution in [3.05, 3.63) is 100 Å². The quantitative estimate of drug-likeness (QED) is 0.318. The zero-order valence-electron chi connectivity index (χ0n) is 16.0. The van der Waals surface area contributed by atoms with Crippen LogP contribution in [0.15, 0.2) is 88.4 Å². The average molecular weight is 463 g/mol. The van der Waals surface area contributed by atoms with Gasteiger partial charge in [0.2, 0.25) is 0 Å². The Labute approximate surface area is 183 Å². The van der Waals surface area contributed by atoms with Gasteiger partial charge >= 0.3 is 0 Å². The molecule has 30 heavy (non-hydrogen) atoms. The van der Waals surface area contributed by atoms with E-state index in [2.05, 4.69) is 32.4 Å². The number of nitrogens with one attached hydrogen (secondary N) is 1. The number of halogens is 1. The van der Waals surface area contributed by atoms with E-state index >= 15 is 0 Å². The molecule has 0 aliphatic rings. The normalized spacial score (nSPS) is 11.1. The van der Waals surface area contributed by atoms with E-state index in [4.69, 9.17) is 11.2 Å². The molecule has 3 aromatic carbocycles. The fourth-order valence-electron chi connectivity index (χ4n) is 2.87. The van der Waals surface area contributed by atoms with E-state index in [9.17, 15) is 9.90 Å². The van der Waals surface area contributed by atoms with Gasteiger partial charge in [0.05, 0.1) is 10.7 Å². The van der Waals surface area contributed by atoms with Gasteiger partial charge in [-0.25, -0.2) is 5.43 Å². The Bertz CT molecular complexity index is 1040. The highest BCUT2D eigenvalue weighted by molar-refractivity contribution is 9.10. The van der Waals surface area contributed by atoms with Crippen LogP contribution < -0.4 is 10.2 Å². The van der Waals surface area contributed by atoms with E-state index in [1.807, 2.05) is 12.1 Å². The van der Waals surface area contributed by atoms with Crippen LogP contribution in [0.3, 0.4) is 0 Å². The van der Waals surface area contributed by atoms with Crippen LogP contribution >= 0.6 is 15.9 Å². The summed E-state index contributed by atoms with van der Waals surface area (Å²) < 4.78 is 6.10. The van der Waals surface area contributed by atoms with Crippen LogP contribution in [0.4, 0.5) is 0 Å². The third-order valence-electron chi connectivity index (χ3n) is 4.36. The standard InChI is InChI=1S/C24H19BrN2O3/c1-2-15-30-22-14-13-18(16-21(22)25)17-26-27-23(28)24(29,19-9-5-3-6-10-19)20-11-7-4-8-12-20/h1,3-14,16-17,29H,15H2,(H,27,28). The minimum atomic E-state index is -1.88. The van der Waals surface area contributed by atoms with Gasteiger partial charge in [-0.1, -0.05) is 66.6 Å². The van der Waals surface area contributed by atoms with Gasteiger partial charge in [0, 0.05) is 0 Å². The van der Waals surface area contributed by atoms with Crippen molar-refractivity contribution in [2.24, 2.45) is 5.10 Å². The molecule has 0 bridgehead atoms. The zero-order chi connectivity index (χ0) is 21.4. The van der Waals surface area contributed by atoms with Gasteiger partial charge < -0.3 is 9.84 Å². The first-order valence-corrected chi connectivity index (χ1v) is 9.87. The second-order valence-electron chi connectivity index (χ2n) is 6.32. The first kappa shape index (κ1) is 21.3. The second kappa shape index (κ2) is 9.88. The molecular formula is C24H19BrN2O3. The summed E-state index contributed by atoms with van der Waals surface area (Å²) in [6, 6.07) is 22.8. The van der Waals surface area contributed by atoms with Gasteiger partial charge in [0.15, 0.2) is 5.60 Å². The highest BCUT2D eigenvalue weighted by Crippen LogP contribution is 2.30. The maximum Gasteiger partial charge on any atom is 0.281 e. The Kier molecular flexibility index (Phi) is 7.02. The van der Waals surface area contributed by atoms with Crippen LogP contribution in [0.2, 0.25) is 0 Å². The highest BCUT2D eigenvalue weighted by Gasteiger charge is 2.39. The monoisotopic (exact) mass is 462 g/mol. The molecule has 0 spiro atoms. The molecule has 5 nitrogen and oxygen atoms in total. The lowest BCUT2D eigenvalue weighted by Gasteiger charge is -2.27. The molecule has 0 unspecified atom stereocenters. The molecule has 0 aliphatic heterocycles. The van der Waals surface area contributed by atoms with Crippen molar-refractivity contribution in [1.82, 2.24) is 5.43 Å². The molecule has 150 valence electrons. The number of amides is 1. The maximum absolute atomic E-state index is 13.0. The lowest BCUT2D eigenvalue weighted by Crippen LogP contribution is -2.43. The minimum Gasteiger partial charge on any atom is -0.480 e.